The highest BCUT2D eigenvalue weighted by Crippen LogP contribution is 2.11. The van der Waals surface area contributed by atoms with Gasteiger partial charge in [-0.05, 0) is 25.5 Å². The van der Waals surface area contributed by atoms with Crippen LogP contribution in [0.5, 0.6) is 0 Å². The van der Waals surface area contributed by atoms with Crippen LogP contribution in [-0.4, -0.2) is 41.4 Å². The van der Waals surface area contributed by atoms with Crippen molar-refractivity contribution in [2.75, 3.05) is 11.5 Å². The van der Waals surface area contributed by atoms with Gasteiger partial charge in [-0.1, -0.05) is 11.6 Å². The summed E-state index contributed by atoms with van der Waals surface area (Å²) in [6.45, 7) is 1.70. The van der Waals surface area contributed by atoms with E-state index in [4.69, 9.17) is 0 Å². The molecule has 23 heavy (non-hydrogen) atoms. The van der Waals surface area contributed by atoms with E-state index >= 15 is 0 Å². The molecule has 122 valence electrons. The van der Waals surface area contributed by atoms with E-state index in [1.165, 1.54) is 10.9 Å². The number of carbonyl (C=O) groups excluding carboxylic acids is 1. The summed E-state index contributed by atoms with van der Waals surface area (Å²) in [5.74, 6) is -0.333. The zero-order valence-electron chi connectivity index (χ0n) is 12.7. The van der Waals surface area contributed by atoms with E-state index in [-0.39, 0.29) is 35.6 Å². The molecule has 0 bridgehead atoms. The van der Waals surface area contributed by atoms with Crippen LogP contribution in [0, 0.1) is 6.92 Å². The molecule has 7 nitrogen and oxygen atoms in total. The van der Waals surface area contributed by atoms with E-state index in [2.05, 4.69) is 10.3 Å². The molecule has 0 unspecified atom stereocenters. The third-order valence-electron chi connectivity index (χ3n) is 3.89. The number of aryl methyl sites for hydroxylation is 1. The topological polar surface area (TPSA) is 98.1 Å². The van der Waals surface area contributed by atoms with Crippen LogP contribution in [0.25, 0.3) is 10.9 Å². The molecular formula is C15H17N3O4S. The Labute approximate surface area is 133 Å². The number of nitrogens with one attached hydrogen (secondary N) is 1. The molecule has 1 fully saturated rings. The van der Waals surface area contributed by atoms with Gasteiger partial charge in [-0.2, -0.15) is 0 Å². The first-order chi connectivity index (χ1) is 10.8. The van der Waals surface area contributed by atoms with E-state index in [0.717, 1.165) is 5.56 Å². The molecule has 8 heteroatoms. The summed E-state index contributed by atoms with van der Waals surface area (Å²) in [5, 5.41) is 3.13. The highest BCUT2D eigenvalue weighted by molar-refractivity contribution is 7.91. The summed E-state index contributed by atoms with van der Waals surface area (Å²) >= 11 is 0. The maximum absolute atomic E-state index is 12.4. The first-order valence-corrected chi connectivity index (χ1v) is 9.12. The van der Waals surface area contributed by atoms with E-state index in [1.54, 1.807) is 12.1 Å². The molecule has 2 aromatic rings. The standard InChI is InChI=1S/C15H17N3O4S/c1-10-2-3-13-12(6-10)15(20)18(9-16-13)7-14(19)17-11-4-5-23(21,22)8-11/h2-3,6,9,11H,4-5,7-8H2,1H3,(H,17,19)/t11-/m1/s1. The van der Waals surface area contributed by atoms with Crippen molar-refractivity contribution in [2.24, 2.45) is 0 Å². The molecule has 0 aliphatic carbocycles. The monoisotopic (exact) mass is 335 g/mol. The molecule has 1 aromatic heterocycles. The number of benzene rings is 1. The Hall–Kier alpha value is -2.22. The largest absolute Gasteiger partial charge is 0.351 e. The van der Waals surface area contributed by atoms with Gasteiger partial charge < -0.3 is 5.32 Å². The predicted octanol–water partition coefficient (Wildman–Crippen LogP) is 0.00822. The van der Waals surface area contributed by atoms with Gasteiger partial charge in [0, 0.05) is 6.04 Å². The van der Waals surface area contributed by atoms with Gasteiger partial charge in [0.05, 0.1) is 28.7 Å². The molecule has 1 aliphatic heterocycles. The molecule has 1 amide bonds. The first-order valence-electron chi connectivity index (χ1n) is 7.30. The second kappa shape index (κ2) is 5.77. The summed E-state index contributed by atoms with van der Waals surface area (Å²) in [7, 11) is -3.05. The number of amides is 1. The lowest BCUT2D eigenvalue weighted by molar-refractivity contribution is -0.122. The fraction of sp³-hybridized carbons (Fsp3) is 0.400. The molecule has 0 radical (unpaired) electrons. The smallest absolute Gasteiger partial charge is 0.261 e. The van der Waals surface area contributed by atoms with Gasteiger partial charge in [-0.25, -0.2) is 13.4 Å². The highest BCUT2D eigenvalue weighted by Gasteiger charge is 2.28. The minimum absolute atomic E-state index is 0.0389. The SMILES string of the molecule is Cc1ccc2ncn(CC(=O)N[C@@H]3CCS(=O)(=O)C3)c(=O)c2c1. The number of fused-ring (bicyclic) bond motifs is 1. The van der Waals surface area contributed by atoms with E-state index in [0.29, 0.717) is 17.3 Å². The number of nitrogens with zero attached hydrogens (tertiary/aromatic N) is 2. The normalized spacial score (nSPS) is 19.8. The van der Waals surface area contributed by atoms with Crippen molar-refractivity contribution >= 4 is 26.6 Å². The van der Waals surface area contributed by atoms with Crippen LogP contribution in [0.3, 0.4) is 0 Å². The number of rotatable bonds is 3. The van der Waals surface area contributed by atoms with Crippen LogP contribution in [0.1, 0.15) is 12.0 Å². The van der Waals surface area contributed by atoms with Gasteiger partial charge in [0.1, 0.15) is 6.54 Å². The summed E-state index contributed by atoms with van der Waals surface area (Å²) in [5.41, 5.74) is 1.24. The molecule has 0 spiro atoms. The van der Waals surface area contributed by atoms with Crippen LogP contribution in [0.15, 0.2) is 29.3 Å². The van der Waals surface area contributed by atoms with Gasteiger partial charge in [-0.3, -0.25) is 14.2 Å². The zero-order valence-corrected chi connectivity index (χ0v) is 13.5. The minimum atomic E-state index is -3.05. The van der Waals surface area contributed by atoms with Crippen LogP contribution in [0.4, 0.5) is 0 Å². The number of carbonyl (C=O) groups is 1. The van der Waals surface area contributed by atoms with E-state index < -0.39 is 9.84 Å². The lowest BCUT2D eigenvalue weighted by Crippen LogP contribution is -2.39. The van der Waals surface area contributed by atoms with Gasteiger partial charge in [-0.15, -0.1) is 0 Å². The Morgan fingerprint density at radius 3 is 2.91 bits per heavy atom. The summed E-state index contributed by atoms with van der Waals surface area (Å²) in [4.78, 5) is 28.6. The summed E-state index contributed by atoms with van der Waals surface area (Å²) in [6.07, 6.45) is 1.75. The Morgan fingerprint density at radius 1 is 1.43 bits per heavy atom. The first kappa shape index (κ1) is 15.7. The van der Waals surface area contributed by atoms with Crippen molar-refractivity contribution in [3.8, 4) is 0 Å². The Morgan fingerprint density at radius 2 is 2.22 bits per heavy atom. The maximum Gasteiger partial charge on any atom is 0.261 e. The summed E-state index contributed by atoms with van der Waals surface area (Å²) in [6, 6.07) is 4.99. The second-order valence-corrected chi connectivity index (χ2v) is 8.09. The quantitative estimate of drug-likeness (QED) is 0.852. The van der Waals surface area contributed by atoms with Gasteiger partial charge in [0.25, 0.3) is 5.56 Å². The molecule has 1 aromatic carbocycles. The van der Waals surface area contributed by atoms with Crippen molar-refractivity contribution in [1.29, 1.82) is 0 Å². The number of hydrogen-bond donors (Lipinski definition) is 1. The predicted molar refractivity (Wildman–Crippen MR) is 85.9 cm³/mol. The number of hydrogen-bond acceptors (Lipinski definition) is 5. The molecule has 1 N–H and O–H groups in total. The second-order valence-electron chi connectivity index (χ2n) is 5.87. The highest BCUT2D eigenvalue weighted by atomic mass is 32.2. The lowest BCUT2D eigenvalue weighted by atomic mass is 10.2. The van der Waals surface area contributed by atoms with Gasteiger partial charge in [0.15, 0.2) is 9.84 Å². The van der Waals surface area contributed by atoms with Crippen molar-refractivity contribution in [2.45, 2.75) is 25.9 Å². The van der Waals surface area contributed by atoms with Crippen molar-refractivity contribution in [3.63, 3.8) is 0 Å². The Balaban J connectivity index is 1.77. The molecular weight excluding hydrogens is 318 g/mol. The van der Waals surface area contributed by atoms with Crippen LogP contribution < -0.4 is 10.9 Å². The maximum atomic E-state index is 12.4. The number of sulfone groups is 1. The molecule has 1 saturated heterocycles. The zero-order chi connectivity index (χ0) is 16.6. The number of aromatic nitrogens is 2. The molecule has 1 atom stereocenters. The molecule has 1 aliphatic rings. The third-order valence-corrected chi connectivity index (χ3v) is 5.66. The lowest BCUT2D eigenvalue weighted by Gasteiger charge is -2.12. The average molecular weight is 335 g/mol. The van der Waals surface area contributed by atoms with Crippen molar-refractivity contribution < 1.29 is 13.2 Å². The van der Waals surface area contributed by atoms with E-state index in [1.807, 2.05) is 13.0 Å². The van der Waals surface area contributed by atoms with Crippen LogP contribution in [0.2, 0.25) is 0 Å². The van der Waals surface area contributed by atoms with Gasteiger partial charge >= 0.3 is 0 Å². The molecule has 3 rings (SSSR count). The van der Waals surface area contributed by atoms with E-state index in [9.17, 15) is 18.0 Å². The van der Waals surface area contributed by atoms with Crippen molar-refractivity contribution in [3.05, 3.63) is 40.4 Å². The summed E-state index contributed by atoms with van der Waals surface area (Å²) < 4.78 is 24.0. The average Bonchev–Trinajstić information content (AvgIpc) is 2.81. The molecule has 0 saturated carbocycles. The van der Waals surface area contributed by atoms with Crippen LogP contribution >= 0.6 is 0 Å². The fourth-order valence-corrected chi connectivity index (χ4v) is 4.40. The molecule has 2 heterocycles. The fourth-order valence-electron chi connectivity index (χ4n) is 2.72. The Kier molecular flexibility index (Phi) is 3.93. The van der Waals surface area contributed by atoms with Crippen LogP contribution in [-0.2, 0) is 21.2 Å². The van der Waals surface area contributed by atoms with Crippen molar-refractivity contribution in [1.82, 2.24) is 14.9 Å². The minimum Gasteiger partial charge on any atom is -0.351 e. The Bertz CT molecular complexity index is 933. The van der Waals surface area contributed by atoms with Gasteiger partial charge in [0.2, 0.25) is 5.91 Å². The third kappa shape index (κ3) is 3.42.